The average molecular weight is 229 g/mol. The van der Waals surface area contributed by atoms with Crippen molar-refractivity contribution in [1.82, 2.24) is 15.1 Å². The van der Waals surface area contributed by atoms with Gasteiger partial charge in [-0.05, 0) is 20.5 Å². The van der Waals surface area contributed by atoms with Crippen LogP contribution >= 0.6 is 0 Å². The van der Waals surface area contributed by atoms with Crippen LogP contribution in [-0.4, -0.2) is 75.4 Å². The van der Waals surface area contributed by atoms with Crippen LogP contribution in [0.15, 0.2) is 0 Å². The fraction of sp³-hybridized carbons (Fsp3) is 1.00. The fourth-order valence-corrected chi connectivity index (χ4v) is 2.27. The third-order valence-corrected chi connectivity index (χ3v) is 3.38. The number of methoxy groups -OCH3 is 1. The van der Waals surface area contributed by atoms with E-state index in [-0.39, 0.29) is 0 Å². The summed E-state index contributed by atoms with van der Waals surface area (Å²) in [6, 6.07) is 1.13. The zero-order valence-electron chi connectivity index (χ0n) is 11.2. The number of rotatable bonds is 6. The predicted molar refractivity (Wildman–Crippen MR) is 67.9 cm³/mol. The van der Waals surface area contributed by atoms with E-state index in [0.29, 0.717) is 12.1 Å². The number of nitrogens with one attached hydrogen (secondary N) is 1. The van der Waals surface area contributed by atoms with Gasteiger partial charge in [0.1, 0.15) is 0 Å². The summed E-state index contributed by atoms with van der Waals surface area (Å²) in [4.78, 5) is 4.96. The Balaban J connectivity index is 2.33. The first kappa shape index (κ1) is 13.9. The van der Waals surface area contributed by atoms with Crippen molar-refractivity contribution in [1.29, 1.82) is 0 Å². The molecule has 4 heteroatoms. The third kappa shape index (κ3) is 4.37. The molecule has 1 fully saturated rings. The van der Waals surface area contributed by atoms with Crippen molar-refractivity contribution in [2.45, 2.75) is 25.9 Å². The van der Waals surface area contributed by atoms with Gasteiger partial charge in [0.2, 0.25) is 0 Å². The third-order valence-electron chi connectivity index (χ3n) is 3.38. The van der Waals surface area contributed by atoms with Gasteiger partial charge in [0.25, 0.3) is 0 Å². The highest BCUT2D eigenvalue weighted by molar-refractivity contribution is 4.80. The van der Waals surface area contributed by atoms with Crippen molar-refractivity contribution < 1.29 is 4.74 Å². The van der Waals surface area contributed by atoms with Gasteiger partial charge in [0.15, 0.2) is 0 Å². The minimum Gasteiger partial charge on any atom is -0.383 e. The molecular weight excluding hydrogens is 202 g/mol. The molecule has 1 aliphatic heterocycles. The van der Waals surface area contributed by atoms with E-state index in [0.717, 1.165) is 19.7 Å². The Bertz CT molecular complexity index is 183. The number of ether oxygens (including phenoxy) is 1. The van der Waals surface area contributed by atoms with Crippen molar-refractivity contribution in [2.75, 3.05) is 53.5 Å². The van der Waals surface area contributed by atoms with Crippen LogP contribution in [0.2, 0.25) is 0 Å². The Labute approximate surface area is 99.9 Å². The molecular formula is C12H27N3O. The first-order valence-electron chi connectivity index (χ1n) is 6.32. The van der Waals surface area contributed by atoms with Crippen molar-refractivity contribution in [2.24, 2.45) is 0 Å². The molecule has 0 bridgehead atoms. The normalized spacial score (nSPS) is 25.9. The van der Waals surface area contributed by atoms with E-state index >= 15 is 0 Å². The zero-order valence-corrected chi connectivity index (χ0v) is 11.2. The van der Waals surface area contributed by atoms with Crippen molar-refractivity contribution >= 4 is 0 Å². The van der Waals surface area contributed by atoms with Crippen LogP contribution < -0.4 is 5.32 Å². The van der Waals surface area contributed by atoms with E-state index in [1.165, 1.54) is 19.6 Å². The average Bonchev–Trinajstić information content (AvgIpc) is 2.24. The largest absolute Gasteiger partial charge is 0.383 e. The topological polar surface area (TPSA) is 27.7 Å². The molecule has 96 valence electrons. The van der Waals surface area contributed by atoms with Gasteiger partial charge in [0, 0.05) is 45.4 Å². The van der Waals surface area contributed by atoms with Gasteiger partial charge in [-0.1, -0.05) is 6.92 Å². The number of nitrogens with zero attached hydrogens (tertiary/aromatic N) is 2. The maximum absolute atomic E-state index is 5.25. The van der Waals surface area contributed by atoms with Crippen molar-refractivity contribution in [3.63, 3.8) is 0 Å². The molecule has 0 amide bonds. The smallest absolute Gasteiger partial charge is 0.0628 e. The molecule has 0 spiro atoms. The Kier molecular flexibility index (Phi) is 6.28. The summed E-state index contributed by atoms with van der Waals surface area (Å²) in [7, 11) is 3.98. The highest BCUT2D eigenvalue weighted by Gasteiger charge is 2.22. The molecule has 2 unspecified atom stereocenters. The van der Waals surface area contributed by atoms with Gasteiger partial charge in [0.05, 0.1) is 6.61 Å². The van der Waals surface area contributed by atoms with Gasteiger partial charge in [-0.25, -0.2) is 0 Å². The Morgan fingerprint density at radius 1 is 1.44 bits per heavy atom. The molecule has 1 heterocycles. The summed E-state index contributed by atoms with van der Waals surface area (Å²) in [6.45, 7) is 10.9. The Morgan fingerprint density at radius 2 is 2.19 bits per heavy atom. The second-order valence-corrected chi connectivity index (χ2v) is 4.80. The fourth-order valence-electron chi connectivity index (χ4n) is 2.27. The summed E-state index contributed by atoms with van der Waals surface area (Å²) in [5, 5.41) is 3.48. The van der Waals surface area contributed by atoms with E-state index in [1.807, 2.05) is 0 Å². The van der Waals surface area contributed by atoms with E-state index in [9.17, 15) is 0 Å². The van der Waals surface area contributed by atoms with Crippen LogP contribution in [0.3, 0.4) is 0 Å². The maximum Gasteiger partial charge on any atom is 0.0628 e. The summed E-state index contributed by atoms with van der Waals surface area (Å²) in [5.41, 5.74) is 0. The molecule has 1 N–H and O–H groups in total. The molecule has 1 saturated heterocycles. The highest BCUT2D eigenvalue weighted by Crippen LogP contribution is 2.07. The monoisotopic (exact) mass is 229 g/mol. The van der Waals surface area contributed by atoms with Crippen LogP contribution in [0.5, 0.6) is 0 Å². The van der Waals surface area contributed by atoms with Crippen LogP contribution in [0, 0.1) is 0 Å². The summed E-state index contributed by atoms with van der Waals surface area (Å²) in [5.74, 6) is 0. The maximum atomic E-state index is 5.25. The molecule has 16 heavy (non-hydrogen) atoms. The summed E-state index contributed by atoms with van der Waals surface area (Å²) in [6.07, 6.45) is 0. The predicted octanol–water partition coefficient (Wildman–Crippen LogP) is 0.247. The summed E-state index contributed by atoms with van der Waals surface area (Å²) < 4.78 is 5.25. The van der Waals surface area contributed by atoms with Crippen LogP contribution in [0.25, 0.3) is 0 Å². The van der Waals surface area contributed by atoms with Gasteiger partial charge in [-0.3, -0.25) is 4.90 Å². The number of hydrogen-bond donors (Lipinski definition) is 1. The second kappa shape index (κ2) is 7.22. The number of piperazine rings is 1. The van der Waals surface area contributed by atoms with Crippen LogP contribution in [-0.2, 0) is 4.74 Å². The highest BCUT2D eigenvalue weighted by atomic mass is 16.5. The first-order chi connectivity index (χ1) is 7.67. The standard InChI is InChI=1S/C12H27N3O/c1-5-13-12(10-16-4)9-15-7-6-14(3)11(2)8-15/h11-13H,5-10H2,1-4H3. The van der Waals surface area contributed by atoms with E-state index < -0.39 is 0 Å². The minimum atomic E-state index is 0.464. The Morgan fingerprint density at radius 3 is 2.75 bits per heavy atom. The lowest BCUT2D eigenvalue weighted by Gasteiger charge is -2.39. The van der Waals surface area contributed by atoms with Crippen LogP contribution in [0.4, 0.5) is 0 Å². The number of likely N-dealkylation sites (N-methyl/N-ethyl adjacent to an activating group) is 2. The van der Waals surface area contributed by atoms with Crippen molar-refractivity contribution in [3.8, 4) is 0 Å². The lowest BCUT2D eigenvalue weighted by molar-refractivity contribution is 0.0802. The van der Waals surface area contributed by atoms with Crippen LogP contribution in [0.1, 0.15) is 13.8 Å². The van der Waals surface area contributed by atoms with E-state index in [4.69, 9.17) is 4.74 Å². The van der Waals surface area contributed by atoms with Crippen molar-refractivity contribution in [3.05, 3.63) is 0 Å². The minimum absolute atomic E-state index is 0.464. The molecule has 0 saturated carbocycles. The molecule has 1 rings (SSSR count). The lowest BCUT2D eigenvalue weighted by Crippen LogP contribution is -2.54. The first-order valence-corrected chi connectivity index (χ1v) is 6.32. The second-order valence-electron chi connectivity index (χ2n) is 4.80. The molecule has 1 aliphatic rings. The molecule has 0 radical (unpaired) electrons. The lowest BCUT2D eigenvalue weighted by atomic mass is 10.2. The molecule has 0 aromatic carbocycles. The molecule has 0 aromatic heterocycles. The van der Waals surface area contributed by atoms with Gasteiger partial charge < -0.3 is 15.0 Å². The van der Waals surface area contributed by atoms with E-state index in [1.54, 1.807) is 7.11 Å². The molecule has 4 nitrogen and oxygen atoms in total. The zero-order chi connectivity index (χ0) is 12.0. The Hall–Kier alpha value is -0.160. The number of hydrogen-bond acceptors (Lipinski definition) is 4. The van der Waals surface area contributed by atoms with Gasteiger partial charge in [-0.2, -0.15) is 0 Å². The quantitative estimate of drug-likeness (QED) is 0.706. The molecule has 0 aliphatic carbocycles. The van der Waals surface area contributed by atoms with E-state index in [2.05, 4.69) is 36.0 Å². The SMILES string of the molecule is CCNC(COC)CN1CCN(C)C(C)C1. The molecule has 0 aromatic rings. The summed E-state index contributed by atoms with van der Waals surface area (Å²) >= 11 is 0. The molecule has 2 atom stereocenters. The van der Waals surface area contributed by atoms with Gasteiger partial charge in [-0.15, -0.1) is 0 Å². The van der Waals surface area contributed by atoms with Gasteiger partial charge >= 0.3 is 0 Å².